The molecule has 4 rings (SSSR count). The molecule has 32 heavy (non-hydrogen) atoms. The van der Waals surface area contributed by atoms with E-state index in [0.29, 0.717) is 18.9 Å². The fourth-order valence-corrected chi connectivity index (χ4v) is 3.99. The van der Waals surface area contributed by atoms with Gasteiger partial charge in [0, 0.05) is 17.8 Å². The number of nitrogens with one attached hydrogen (secondary N) is 1. The topological polar surface area (TPSA) is 65.5 Å². The highest BCUT2D eigenvalue weighted by Crippen LogP contribution is 2.21. The maximum Gasteiger partial charge on any atom is 0.241 e. The molecule has 1 aliphatic heterocycles. The number of likely N-dealkylation sites (tertiary alicyclic amines) is 1. The van der Waals surface area contributed by atoms with Crippen LogP contribution < -0.4 is 10.2 Å². The minimum Gasteiger partial charge on any atom is -0.310 e. The molecule has 1 N–H and O–H groups in total. The third kappa shape index (κ3) is 5.80. The number of amides is 2. The van der Waals surface area contributed by atoms with Gasteiger partial charge in [-0.2, -0.15) is 0 Å². The highest BCUT2D eigenvalue weighted by molar-refractivity contribution is 5.95. The lowest BCUT2D eigenvalue weighted by Crippen LogP contribution is -2.44. The molecular weight excluding hydrogens is 400 g/mol. The van der Waals surface area contributed by atoms with E-state index in [2.05, 4.69) is 15.2 Å². The van der Waals surface area contributed by atoms with E-state index in [4.69, 9.17) is 0 Å². The van der Waals surface area contributed by atoms with E-state index in [1.54, 1.807) is 12.3 Å². The third-order valence-corrected chi connectivity index (χ3v) is 5.79. The minimum absolute atomic E-state index is 0.00432. The first-order chi connectivity index (χ1) is 15.7. The van der Waals surface area contributed by atoms with Crippen molar-refractivity contribution in [1.29, 1.82) is 0 Å². The Kier molecular flexibility index (Phi) is 7.25. The maximum absolute atomic E-state index is 13.3. The molecule has 2 amide bonds. The molecule has 164 valence electrons. The molecule has 0 spiro atoms. The number of anilines is 2. The zero-order valence-corrected chi connectivity index (χ0v) is 18.1. The lowest BCUT2D eigenvalue weighted by molar-refractivity contribution is -0.122. The second kappa shape index (κ2) is 10.7. The smallest absolute Gasteiger partial charge is 0.241 e. The van der Waals surface area contributed by atoms with Gasteiger partial charge in [-0.3, -0.25) is 14.5 Å². The number of nitrogens with zero attached hydrogens (tertiary/aromatic N) is 3. The number of hydrogen-bond donors (Lipinski definition) is 1. The van der Waals surface area contributed by atoms with E-state index in [1.807, 2.05) is 77.7 Å². The number of hydrogen-bond acceptors (Lipinski definition) is 4. The Hall–Kier alpha value is -3.51. The second-order valence-corrected chi connectivity index (χ2v) is 8.06. The zero-order valence-electron chi connectivity index (χ0n) is 18.1. The van der Waals surface area contributed by atoms with Gasteiger partial charge in [-0.1, -0.05) is 54.6 Å². The molecule has 3 aromatic rings. The van der Waals surface area contributed by atoms with Crippen LogP contribution in [0.1, 0.15) is 18.4 Å². The van der Waals surface area contributed by atoms with Crippen LogP contribution in [0.4, 0.5) is 11.5 Å². The number of para-hydroxylation sites is 1. The number of carbonyl (C=O) groups excluding carboxylic acids is 2. The summed E-state index contributed by atoms with van der Waals surface area (Å²) in [4.78, 5) is 34.0. The summed E-state index contributed by atoms with van der Waals surface area (Å²) in [5.74, 6) is 0.591. The molecular formula is C26H28N4O2. The summed E-state index contributed by atoms with van der Waals surface area (Å²) in [6, 6.07) is 25.3. The van der Waals surface area contributed by atoms with Crippen LogP contribution in [0.15, 0.2) is 85.1 Å². The Bertz CT molecular complexity index is 1000. The van der Waals surface area contributed by atoms with Crippen LogP contribution >= 0.6 is 0 Å². The second-order valence-electron chi connectivity index (χ2n) is 8.06. The third-order valence-electron chi connectivity index (χ3n) is 5.79. The van der Waals surface area contributed by atoms with Crippen LogP contribution in [0, 0.1) is 5.92 Å². The first-order valence-electron chi connectivity index (χ1n) is 11.0. The van der Waals surface area contributed by atoms with Gasteiger partial charge in [-0.05, 0) is 55.8 Å². The van der Waals surface area contributed by atoms with Gasteiger partial charge in [0.25, 0.3) is 0 Å². The van der Waals surface area contributed by atoms with Crippen molar-refractivity contribution in [3.8, 4) is 0 Å². The first kappa shape index (κ1) is 21.7. The van der Waals surface area contributed by atoms with Crippen molar-refractivity contribution in [2.75, 3.05) is 29.9 Å². The van der Waals surface area contributed by atoms with E-state index < -0.39 is 0 Å². The van der Waals surface area contributed by atoms with Crippen LogP contribution in [-0.2, 0) is 16.1 Å². The number of rotatable bonds is 7. The number of carbonyl (C=O) groups is 2. The van der Waals surface area contributed by atoms with E-state index in [-0.39, 0.29) is 17.7 Å². The standard InChI is InChI=1S/C26H28N4O2/c31-25(30(23-11-5-2-6-12-23)19-21-9-3-1-4-10-21)20-29-17-14-22(15-18-29)26(32)28-24-13-7-8-16-27-24/h1-13,16,22H,14-15,17-20H2,(H,27,28,32). The monoisotopic (exact) mass is 428 g/mol. The Morgan fingerprint density at radius 1 is 0.906 bits per heavy atom. The number of aromatic nitrogens is 1. The van der Waals surface area contributed by atoms with Gasteiger partial charge >= 0.3 is 0 Å². The van der Waals surface area contributed by atoms with Gasteiger partial charge < -0.3 is 10.2 Å². The average molecular weight is 429 g/mol. The molecule has 2 heterocycles. The Balaban J connectivity index is 1.34. The summed E-state index contributed by atoms with van der Waals surface area (Å²) in [5.41, 5.74) is 1.99. The van der Waals surface area contributed by atoms with Gasteiger partial charge in [-0.25, -0.2) is 4.98 Å². The van der Waals surface area contributed by atoms with Crippen molar-refractivity contribution in [3.63, 3.8) is 0 Å². The van der Waals surface area contributed by atoms with Crippen molar-refractivity contribution in [2.45, 2.75) is 19.4 Å². The Morgan fingerprint density at radius 3 is 2.22 bits per heavy atom. The molecule has 1 aliphatic rings. The van der Waals surface area contributed by atoms with Gasteiger partial charge in [0.15, 0.2) is 0 Å². The predicted molar refractivity (Wildman–Crippen MR) is 126 cm³/mol. The fourth-order valence-electron chi connectivity index (χ4n) is 3.99. The van der Waals surface area contributed by atoms with Crippen molar-refractivity contribution in [3.05, 3.63) is 90.6 Å². The molecule has 1 fully saturated rings. The molecule has 0 atom stereocenters. The first-order valence-corrected chi connectivity index (χ1v) is 11.0. The zero-order chi connectivity index (χ0) is 22.2. The molecule has 0 aliphatic carbocycles. The molecule has 0 unspecified atom stereocenters. The van der Waals surface area contributed by atoms with Crippen LogP contribution in [0.5, 0.6) is 0 Å². The van der Waals surface area contributed by atoms with Crippen molar-refractivity contribution in [1.82, 2.24) is 9.88 Å². The Morgan fingerprint density at radius 2 is 1.56 bits per heavy atom. The van der Waals surface area contributed by atoms with Crippen LogP contribution in [-0.4, -0.2) is 41.3 Å². The van der Waals surface area contributed by atoms with Gasteiger partial charge in [0.1, 0.15) is 5.82 Å². The quantitative estimate of drug-likeness (QED) is 0.619. The van der Waals surface area contributed by atoms with Gasteiger partial charge in [0.05, 0.1) is 13.1 Å². The lowest BCUT2D eigenvalue weighted by Gasteiger charge is -2.32. The molecule has 1 aromatic heterocycles. The SMILES string of the molecule is O=C(Nc1ccccn1)C1CCN(CC(=O)N(Cc2ccccc2)c2ccccc2)CC1. The molecule has 0 bridgehead atoms. The molecule has 6 nitrogen and oxygen atoms in total. The molecule has 0 radical (unpaired) electrons. The summed E-state index contributed by atoms with van der Waals surface area (Å²) in [7, 11) is 0. The molecule has 2 aromatic carbocycles. The highest BCUT2D eigenvalue weighted by atomic mass is 16.2. The van der Waals surface area contributed by atoms with Gasteiger partial charge in [0.2, 0.25) is 11.8 Å². The minimum atomic E-state index is -0.0575. The molecule has 0 saturated carbocycles. The number of benzene rings is 2. The summed E-state index contributed by atoms with van der Waals surface area (Å²) in [6.07, 6.45) is 3.13. The molecule has 6 heteroatoms. The lowest BCUT2D eigenvalue weighted by atomic mass is 9.96. The largest absolute Gasteiger partial charge is 0.310 e. The van der Waals surface area contributed by atoms with E-state index in [9.17, 15) is 9.59 Å². The predicted octanol–water partition coefficient (Wildman–Crippen LogP) is 3.97. The van der Waals surface area contributed by atoms with E-state index >= 15 is 0 Å². The highest BCUT2D eigenvalue weighted by Gasteiger charge is 2.27. The van der Waals surface area contributed by atoms with Crippen LogP contribution in [0.25, 0.3) is 0 Å². The average Bonchev–Trinajstić information content (AvgIpc) is 2.85. The fraction of sp³-hybridized carbons (Fsp3) is 0.269. The van der Waals surface area contributed by atoms with Gasteiger partial charge in [-0.15, -0.1) is 0 Å². The number of pyridine rings is 1. The van der Waals surface area contributed by atoms with Crippen molar-refractivity contribution in [2.24, 2.45) is 5.92 Å². The Labute approximate surface area is 188 Å². The van der Waals surface area contributed by atoms with E-state index in [0.717, 1.165) is 37.2 Å². The summed E-state index contributed by atoms with van der Waals surface area (Å²) >= 11 is 0. The van der Waals surface area contributed by atoms with Crippen LogP contribution in [0.2, 0.25) is 0 Å². The van der Waals surface area contributed by atoms with E-state index in [1.165, 1.54) is 0 Å². The maximum atomic E-state index is 13.3. The van der Waals surface area contributed by atoms with Crippen molar-refractivity contribution < 1.29 is 9.59 Å². The molecule has 1 saturated heterocycles. The normalized spacial score (nSPS) is 14.6. The summed E-state index contributed by atoms with van der Waals surface area (Å²) in [5, 5.41) is 2.89. The number of piperidine rings is 1. The summed E-state index contributed by atoms with van der Waals surface area (Å²) < 4.78 is 0. The van der Waals surface area contributed by atoms with Crippen molar-refractivity contribution >= 4 is 23.3 Å². The van der Waals surface area contributed by atoms with Crippen LogP contribution in [0.3, 0.4) is 0 Å². The summed E-state index contributed by atoms with van der Waals surface area (Å²) in [6.45, 7) is 2.32.